The molecule has 57 heavy (non-hydrogen) atoms. The topological polar surface area (TPSA) is 280 Å². The SMILES string of the molecule is CC(C)(O)c1ccc(F)c(S(N)(=O)=O)c1.COC(=O)c1ccc(F)c(N)c1.COC(=O)c1ccc(F)c(S(=O)(=O)Cl)c1.COC(=O)c1ccc(F)c(S(N)(=O)=O)c1. The summed E-state index contributed by atoms with van der Waals surface area (Å²) < 4.78 is 130. The summed E-state index contributed by atoms with van der Waals surface area (Å²) in [6.45, 7) is 2.93. The largest absolute Gasteiger partial charge is 0.465 e. The molecule has 0 amide bonds. The Balaban J connectivity index is 0.000000381. The number of anilines is 1. The molecular weight excluding hydrogens is 854 g/mol. The molecule has 4 aromatic carbocycles. The van der Waals surface area contributed by atoms with Crippen LogP contribution in [-0.2, 0) is 48.9 Å². The Morgan fingerprint density at radius 3 is 1.23 bits per heavy atom. The van der Waals surface area contributed by atoms with Crippen molar-refractivity contribution in [2.75, 3.05) is 27.1 Å². The molecule has 0 fully saturated rings. The minimum absolute atomic E-state index is 0.0575. The molecule has 0 saturated heterocycles. The summed E-state index contributed by atoms with van der Waals surface area (Å²) in [4.78, 5) is 30.8. The fourth-order valence-corrected chi connectivity index (χ4v) is 5.98. The van der Waals surface area contributed by atoms with E-state index >= 15 is 0 Å². The number of benzene rings is 4. The number of nitrogens with two attached hydrogens (primary N) is 3. The monoisotopic (exact) mass is 887 g/mol. The molecule has 312 valence electrons. The Labute approximate surface area is 328 Å². The second-order valence-corrected chi connectivity index (χ2v) is 16.8. The van der Waals surface area contributed by atoms with Crippen molar-refractivity contribution in [1.82, 2.24) is 0 Å². The number of ether oxygens (including phenoxy) is 3. The lowest BCUT2D eigenvalue weighted by Gasteiger charge is -2.18. The second kappa shape index (κ2) is 20.3. The van der Waals surface area contributed by atoms with Gasteiger partial charge in [0, 0.05) is 10.7 Å². The van der Waals surface area contributed by atoms with Crippen LogP contribution >= 0.6 is 10.7 Å². The van der Waals surface area contributed by atoms with Crippen LogP contribution in [0, 0.1) is 23.3 Å². The Morgan fingerprint density at radius 1 is 0.579 bits per heavy atom. The number of carbonyl (C=O) groups is 3. The van der Waals surface area contributed by atoms with E-state index < -0.39 is 90.6 Å². The summed E-state index contributed by atoms with van der Waals surface area (Å²) in [5.74, 6) is -5.55. The van der Waals surface area contributed by atoms with Gasteiger partial charge in [-0.2, -0.15) is 0 Å². The van der Waals surface area contributed by atoms with Crippen molar-refractivity contribution in [2.45, 2.75) is 34.1 Å². The molecule has 0 unspecified atom stereocenters. The van der Waals surface area contributed by atoms with Crippen LogP contribution < -0.4 is 16.0 Å². The maximum atomic E-state index is 13.1. The lowest BCUT2D eigenvalue weighted by atomic mass is 9.99. The van der Waals surface area contributed by atoms with E-state index in [1.54, 1.807) is 0 Å². The minimum Gasteiger partial charge on any atom is -0.465 e. The molecule has 7 N–H and O–H groups in total. The number of hydrogen-bond acceptors (Lipinski definition) is 14. The van der Waals surface area contributed by atoms with E-state index in [1.165, 1.54) is 39.2 Å². The number of nitrogen functional groups attached to an aromatic ring is 1. The molecule has 4 rings (SSSR count). The molecule has 0 aromatic heterocycles. The molecule has 16 nitrogen and oxygen atoms in total. The van der Waals surface area contributed by atoms with E-state index in [4.69, 9.17) is 26.7 Å². The molecular formula is C33H34ClF4N3O13S3. The quantitative estimate of drug-likeness (QED) is 0.0678. The third-order valence-corrected chi connectivity index (χ3v) is 9.82. The summed E-state index contributed by atoms with van der Waals surface area (Å²) in [6, 6.07) is 12.5. The van der Waals surface area contributed by atoms with Crippen LogP contribution in [0.25, 0.3) is 0 Å². The van der Waals surface area contributed by atoms with Crippen molar-refractivity contribution in [2.24, 2.45) is 10.3 Å². The maximum Gasteiger partial charge on any atom is 0.337 e. The molecule has 0 atom stereocenters. The molecule has 0 radical (unpaired) electrons. The molecule has 0 bridgehead atoms. The van der Waals surface area contributed by atoms with Gasteiger partial charge in [0.25, 0.3) is 9.05 Å². The fraction of sp³-hybridized carbons (Fsp3) is 0.182. The van der Waals surface area contributed by atoms with Gasteiger partial charge in [-0.3, -0.25) is 0 Å². The number of methoxy groups -OCH3 is 3. The maximum absolute atomic E-state index is 13.1. The summed E-state index contributed by atoms with van der Waals surface area (Å²) in [5.41, 5.74) is 4.30. The normalized spacial score (nSPS) is 11.2. The first-order valence-electron chi connectivity index (χ1n) is 14.9. The number of hydrogen-bond donors (Lipinski definition) is 4. The number of aliphatic hydroxyl groups is 1. The zero-order valence-corrected chi connectivity index (χ0v) is 33.3. The fourth-order valence-electron chi connectivity index (χ4n) is 3.79. The number of esters is 3. The average Bonchev–Trinajstić information content (AvgIpc) is 3.11. The number of sulfonamides is 2. The van der Waals surface area contributed by atoms with Gasteiger partial charge in [0.15, 0.2) is 0 Å². The Morgan fingerprint density at radius 2 is 0.895 bits per heavy atom. The first kappa shape index (κ1) is 49.8. The molecule has 0 aliphatic rings. The van der Waals surface area contributed by atoms with E-state index in [9.17, 15) is 62.3 Å². The van der Waals surface area contributed by atoms with Gasteiger partial charge in [-0.15, -0.1) is 0 Å². The Bertz CT molecular complexity index is 2370. The highest BCUT2D eigenvalue weighted by Crippen LogP contribution is 2.24. The molecule has 0 aliphatic heterocycles. The third-order valence-electron chi connectivity index (χ3n) is 6.64. The highest BCUT2D eigenvalue weighted by molar-refractivity contribution is 8.13. The van der Waals surface area contributed by atoms with Crippen LogP contribution in [0.5, 0.6) is 0 Å². The van der Waals surface area contributed by atoms with Crippen LogP contribution in [0.4, 0.5) is 23.2 Å². The van der Waals surface area contributed by atoms with Crippen molar-refractivity contribution in [3.8, 4) is 0 Å². The number of primary sulfonamides is 2. The van der Waals surface area contributed by atoms with Gasteiger partial charge < -0.3 is 25.1 Å². The van der Waals surface area contributed by atoms with E-state index in [0.29, 0.717) is 0 Å². The average molecular weight is 888 g/mol. The van der Waals surface area contributed by atoms with Crippen LogP contribution in [0.3, 0.4) is 0 Å². The van der Waals surface area contributed by atoms with Gasteiger partial charge in [0.05, 0.1) is 49.3 Å². The van der Waals surface area contributed by atoms with Crippen molar-refractivity contribution >= 4 is 63.4 Å². The molecule has 4 aromatic rings. The van der Waals surface area contributed by atoms with Gasteiger partial charge >= 0.3 is 17.9 Å². The molecule has 24 heteroatoms. The van der Waals surface area contributed by atoms with E-state index in [1.807, 2.05) is 0 Å². The first-order valence-corrected chi connectivity index (χ1v) is 20.3. The zero-order valence-electron chi connectivity index (χ0n) is 30.1. The number of carbonyl (C=O) groups excluding carboxylic acids is 3. The van der Waals surface area contributed by atoms with E-state index in [0.717, 1.165) is 68.8 Å². The van der Waals surface area contributed by atoms with Gasteiger partial charge in [0.2, 0.25) is 20.0 Å². The summed E-state index contributed by atoms with van der Waals surface area (Å²) in [5, 5.41) is 19.2. The second-order valence-electron chi connectivity index (χ2n) is 11.2. The van der Waals surface area contributed by atoms with Crippen molar-refractivity contribution < 1.29 is 76.5 Å². The van der Waals surface area contributed by atoms with Crippen LogP contribution in [-0.4, -0.2) is 69.6 Å². The zero-order chi connectivity index (χ0) is 44.3. The van der Waals surface area contributed by atoms with Crippen LogP contribution in [0.2, 0.25) is 0 Å². The Kier molecular flexibility index (Phi) is 17.8. The third kappa shape index (κ3) is 15.4. The minimum atomic E-state index is -4.21. The number of halogens is 5. The number of rotatable bonds is 7. The predicted octanol–water partition coefficient (Wildman–Crippen LogP) is 3.69. The van der Waals surface area contributed by atoms with Gasteiger partial charge in [0.1, 0.15) is 38.0 Å². The van der Waals surface area contributed by atoms with E-state index in [-0.39, 0.29) is 27.9 Å². The van der Waals surface area contributed by atoms with Gasteiger partial charge in [-0.25, -0.2) is 67.5 Å². The lowest BCUT2D eigenvalue weighted by molar-refractivity contribution is 0.0591. The Hall–Kier alpha value is -5.17. The van der Waals surface area contributed by atoms with Gasteiger partial charge in [-0.1, -0.05) is 6.07 Å². The van der Waals surface area contributed by atoms with Gasteiger partial charge in [-0.05, 0) is 86.1 Å². The lowest BCUT2D eigenvalue weighted by Crippen LogP contribution is -2.19. The summed E-state index contributed by atoms with van der Waals surface area (Å²) in [6.07, 6.45) is 0. The summed E-state index contributed by atoms with van der Waals surface area (Å²) >= 11 is 0. The van der Waals surface area contributed by atoms with Crippen molar-refractivity contribution in [1.29, 1.82) is 0 Å². The summed E-state index contributed by atoms with van der Waals surface area (Å²) in [7, 11) is -4.02. The highest BCUT2D eigenvalue weighted by atomic mass is 35.7. The van der Waals surface area contributed by atoms with Crippen molar-refractivity contribution in [3.63, 3.8) is 0 Å². The van der Waals surface area contributed by atoms with E-state index in [2.05, 4.69) is 14.2 Å². The standard InChI is InChI=1S/C9H12FNO3S.C8H6ClFO4S.C8H8FNO4S.C8H8FNO2/c1-9(2,12)6-3-4-7(10)8(5-6)15(11,13)14;1-14-8(11)5-2-3-6(10)7(4-5)15(9,12)13;1-14-8(11)5-2-3-6(9)7(4-5)15(10,12)13;1-12-8(11)5-2-3-6(9)7(10)4-5/h3-5,12H,1-2H3,(H2,11,13,14);2-4H,1H3;2-4H,1H3,(H2,10,12,13);2-4H,10H2,1H3. The molecule has 0 spiro atoms. The first-order chi connectivity index (χ1) is 26.0. The molecule has 0 aliphatic carbocycles. The smallest absolute Gasteiger partial charge is 0.337 e. The predicted molar refractivity (Wildman–Crippen MR) is 195 cm³/mol. The highest BCUT2D eigenvalue weighted by Gasteiger charge is 2.22. The van der Waals surface area contributed by atoms with Crippen LogP contribution in [0.15, 0.2) is 87.5 Å². The molecule has 0 saturated carbocycles. The van der Waals surface area contributed by atoms with Crippen LogP contribution in [0.1, 0.15) is 50.5 Å². The van der Waals surface area contributed by atoms with Crippen molar-refractivity contribution in [3.05, 3.63) is 118 Å². The molecule has 0 heterocycles.